The molecule has 0 radical (unpaired) electrons. The molecule has 0 bridgehead atoms. The lowest BCUT2D eigenvalue weighted by Crippen LogP contribution is -2.18. The fourth-order valence-corrected chi connectivity index (χ4v) is 3.40. The van der Waals surface area contributed by atoms with Crippen LogP contribution in [0.25, 0.3) is 0 Å². The van der Waals surface area contributed by atoms with Crippen LogP contribution in [-0.4, -0.2) is 17.9 Å². The Morgan fingerprint density at radius 1 is 1.22 bits per heavy atom. The predicted molar refractivity (Wildman–Crippen MR) is 66.6 cm³/mol. The van der Waals surface area contributed by atoms with Crippen LogP contribution in [0, 0.1) is 17.8 Å². The molecule has 0 aromatic rings. The van der Waals surface area contributed by atoms with Gasteiger partial charge in [-0.3, -0.25) is 4.79 Å². The number of rotatable bonds is 0. The van der Waals surface area contributed by atoms with E-state index >= 15 is 0 Å². The molecule has 18 heavy (non-hydrogen) atoms. The summed E-state index contributed by atoms with van der Waals surface area (Å²) in [6, 6.07) is 0. The van der Waals surface area contributed by atoms with Crippen molar-refractivity contribution in [3.05, 3.63) is 36.0 Å². The zero-order chi connectivity index (χ0) is 13.0. The molecule has 1 heterocycles. The van der Waals surface area contributed by atoms with Crippen molar-refractivity contribution < 1.29 is 14.3 Å². The molecule has 0 aromatic heterocycles. The van der Waals surface area contributed by atoms with Crippen LogP contribution in [0.3, 0.4) is 0 Å². The van der Waals surface area contributed by atoms with Crippen LogP contribution in [0.15, 0.2) is 36.0 Å². The summed E-state index contributed by atoms with van der Waals surface area (Å²) in [5, 5.41) is 0. The minimum atomic E-state index is -0.278. The molecule has 94 valence electrons. The Morgan fingerprint density at radius 2 is 1.94 bits per heavy atom. The second kappa shape index (κ2) is 3.67. The number of hydrogen-bond donors (Lipinski definition) is 0. The van der Waals surface area contributed by atoms with E-state index in [9.17, 15) is 9.59 Å². The third-order valence-electron chi connectivity index (χ3n) is 4.50. The summed E-state index contributed by atoms with van der Waals surface area (Å²) < 4.78 is 5.37. The lowest BCUT2D eigenvalue weighted by molar-refractivity contribution is -0.139. The first-order valence-corrected chi connectivity index (χ1v) is 6.33. The molecule has 0 spiro atoms. The van der Waals surface area contributed by atoms with E-state index < -0.39 is 0 Å². The molecule has 4 unspecified atom stereocenters. The fourth-order valence-electron chi connectivity index (χ4n) is 3.40. The lowest BCUT2D eigenvalue weighted by Gasteiger charge is -2.17. The summed E-state index contributed by atoms with van der Waals surface area (Å²) >= 11 is 0. The van der Waals surface area contributed by atoms with Gasteiger partial charge in [-0.1, -0.05) is 25.7 Å². The standard InChI is InChI=1S/C15H16O3/c1-7-4-14-12(9(3)15(17)18-14)5-11-8(2)13(16)6-10(7)11/h6-7,11-12,14H,2-5H2,1H3. The summed E-state index contributed by atoms with van der Waals surface area (Å²) in [6.07, 6.45) is 3.16. The Morgan fingerprint density at radius 3 is 2.67 bits per heavy atom. The second-order valence-corrected chi connectivity index (χ2v) is 5.53. The van der Waals surface area contributed by atoms with Crippen LogP contribution in [0.2, 0.25) is 0 Å². The molecule has 1 aliphatic heterocycles. The topological polar surface area (TPSA) is 43.4 Å². The number of fused-ring (bicyclic) bond motifs is 2. The van der Waals surface area contributed by atoms with Gasteiger partial charge in [0.1, 0.15) is 6.10 Å². The number of allylic oxidation sites excluding steroid dienone is 3. The molecule has 3 heteroatoms. The summed E-state index contributed by atoms with van der Waals surface area (Å²) in [5.74, 6) is 0.134. The highest BCUT2D eigenvalue weighted by Crippen LogP contribution is 2.47. The largest absolute Gasteiger partial charge is 0.458 e. The van der Waals surface area contributed by atoms with E-state index in [1.807, 2.05) is 0 Å². The average Bonchev–Trinajstić information content (AvgIpc) is 2.68. The molecule has 0 aromatic carbocycles. The van der Waals surface area contributed by atoms with Crippen LogP contribution in [0.5, 0.6) is 0 Å². The van der Waals surface area contributed by atoms with E-state index in [0.717, 1.165) is 18.4 Å². The van der Waals surface area contributed by atoms with Crippen molar-refractivity contribution in [2.75, 3.05) is 0 Å². The maximum Gasteiger partial charge on any atom is 0.334 e. The third kappa shape index (κ3) is 1.43. The number of esters is 1. The van der Waals surface area contributed by atoms with Crippen molar-refractivity contribution in [2.24, 2.45) is 17.8 Å². The summed E-state index contributed by atoms with van der Waals surface area (Å²) in [7, 11) is 0. The second-order valence-electron chi connectivity index (χ2n) is 5.53. The fraction of sp³-hybridized carbons (Fsp3) is 0.467. The van der Waals surface area contributed by atoms with Gasteiger partial charge in [-0.15, -0.1) is 0 Å². The first kappa shape index (κ1) is 11.5. The number of carbonyl (C=O) groups is 2. The zero-order valence-electron chi connectivity index (χ0n) is 10.4. The third-order valence-corrected chi connectivity index (χ3v) is 4.50. The van der Waals surface area contributed by atoms with Gasteiger partial charge in [0, 0.05) is 17.4 Å². The van der Waals surface area contributed by atoms with Crippen molar-refractivity contribution in [1.29, 1.82) is 0 Å². The highest BCUT2D eigenvalue weighted by molar-refractivity contribution is 6.07. The summed E-state index contributed by atoms with van der Waals surface area (Å²) in [4.78, 5) is 23.3. The summed E-state index contributed by atoms with van der Waals surface area (Å²) in [5.41, 5.74) is 2.37. The SMILES string of the molecule is C=C1C(=O)C=C2C(C)CC3OC(=O)C(=C)C3CC12. The Balaban J connectivity index is 1.98. The number of ether oxygens (including phenoxy) is 1. The Hall–Kier alpha value is -1.64. The van der Waals surface area contributed by atoms with Crippen LogP contribution >= 0.6 is 0 Å². The van der Waals surface area contributed by atoms with Crippen LogP contribution in [0.4, 0.5) is 0 Å². The van der Waals surface area contributed by atoms with Crippen molar-refractivity contribution in [1.82, 2.24) is 0 Å². The predicted octanol–water partition coefficient (Wildman–Crippen LogP) is 2.20. The zero-order valence-corrected chi connectivity index (χ0v) is 10.4. The highest BCUT2D eigenvalue weighted by atomic mass is 16.6. The number of carbonyl (C=O) groups excluding carboxylic acids is 2. The molecule has 4 atom stereocenters. The van der Waals surface area contributed by atoms with E-state index in [2.05, 4.69) is 20.1 Å². The van der Waals surface area contributed by atoms with Gasteiger partial charge in [0.25, 0.3) is 0 Å². The van der Waals surface area contributed by atoms with Gasteiger partial charge in [-0.05, 0) is 30.4 Å². The van der Waals surface area contributed by atoms with E-state index in [-0.39, 0.29) is 35.6 Å². The molecular weight excluding hydrogens is 228 g/mol. The molecule has 3 aliphatic rings. The first-order valence-electron chi connectivity index (χ1n) is 6.33. The van der Waals surface area contributed by atoms with E-state index in [1.165, 1.54) is 0 Å². The van der Waals surface area contributed by atoms with E-state index in [0.29, 0.717) is 11.1 Å². The molecule has 1 saturated heterocycles. The monoisotopic (exact) mass is 244 g/mol. The average molecular weight is 244 g/mol. The molecule has 2 fully saturated rings. The number of ketones is 1. The Labute approximate surface area is 106 Å². The highest BCUT2D eigenvalue weighted by Gasteiger charge is 2.46. The Bertz CT molecular complexity index is 512. The van der Waals surface area contributed by atoms with Gasteiger partial charge in [0.2, 0.25) is 0 Å². The van der Waals surface area contributed by atoms with Gasteiger partial charge in [0.15, 0.2) is 5.78 Å². The van der Waals surface area contributed by atoms with Crippen molar-refractivity contribution >= 4 is 11.8 Å². The number of hydrogen-bond acceptors (Lipinski definition) is 3. The van der Waals surface area contributed by atoms with E-state index in [4.69, 9.17) is 4.74 Å². The van der Waals surface area contributed by atoms with Crippen LogP contribution in [-0.2, 0) is 14.3 Å². The maximum absolute atomic E-state index is 11.7. The van der Waals surface area contributed by atoms with Crippen LogP contribution < -0.4 is 0 Å². The summed E-state index contributed by atoms with van der Waals surface area (Å²) in [6.45, 7) is 9.82. The normalized spacial score (nSPS) is 39.1. The minimum Gasteiger partial charge on any atom is -0.458 e. The van der Waals surface area contributed by atoms with Gasteiger partial charge < -0.3 is 4.74 Å². The molecular formula is C15H16O3. The van der Waals surface area contributed by atoms with Gasteiger partial charge >= 0.3 is 5.97 Å². The molecule has 3 nitrogen and oxygen atoms in total. The molecule has 0 amide bonds. The van der Waals surface area contributed by atoms with Gasteiger partial charge in [-0.2, -0.15) is 0 Å². The molecule has 0 N–H and O–H groups in total. The van der Waals surface area contributed by atoms with E-state index in [1.54, 1.807) is 6.08 Å². The van der Waals surface area contributed by atoms with Crippen molar-refractivity contribution in [3.8, 4) is 0 Å². The van der Waals surface area contributed by atoms with Crippen molar-refractivity contribution in [2.45, 2.75) is 25.9 Å². The molecule has 1 saturated carbocycles. The van der Waals surface area contributed by atoms with Gasteiger partial charge in [-0.25, -0.2) is 4.79 Å². The Kier molecular flexibility index (Phi) is 2.34. The quantitative estimate of drug-likeness (QED) is 0.484. The van der Waals surface area contributed by atoms with Crippen molar-refractivity contribution in [3.63, 3.8) is 0 Å². The first-order chi connectivity index (χ1) is 8.49. The molecule has 3 rings (SSSR count). The lowest BCUT2D eigenvalue weighted by atomic mass is 9.84. The van der Waals surface area contributed by atoms with Gasteiger partial charge in [0.05, 0.1) is 0 Å². The smallest absolute Gasteiger partial charge is 0.334 e. The molecule has 2 aliphatic carbocycles. The minimum absolute atomic E-state index is 0.0381. The maximum atomic E-state index is 11.7. The van der Waals surface area contributed by atoms with Crippen LogP contribution in [0.1, 0.15) is 19.8 Å².